The number of hydrogen-bond donors (Lipinski definition) is 3. The van der Waals surface area contributed by atoms with Gasteiger partial charge in [0.05, 0.1) is 18.6 Å². The van der Waals surface area contributed by atoms with Crippen molar-refractivity contribution in [1.29, 1.82) is 0 Å². The zero-order chi connectivity index (χ0) is 24.4. The predicted octanol–water partition coefficient (Wildman–Crippen LogP) is 0.936. The van der Waals surface area contributed by atoms with E-state index in [0.29, 0.717) is 30.6 Å². The molecule has 3 heterocycles. The zero-order valence-electron chi connectivity index (χ0n) is 20.0. The monoisotopic (exact) mass is 469 g/mol. The molecule has 3 aliphatic rings. The number of fused-ring (bicyclic) bond motifs is 1. The molecule has 1 aromatic rings. The van der Waals surface area contributed by atoms with Gasteiger partial charge in [-0.2, -0.15) is 0 Å². The van der Waals surface area contributed by atoms with E-state index in [2.05, 4.69) is 10.6 Å². The van der Waals surface area contributed by atoms with Crippen LogP contribution in [-0.4, -0.2) is 77.1 Å². The van der Waals surface area contributed by atoms with E-state index >= 15 is 0 Å². The first kappa shape index (κ1) is 24.2. The molecule has 4 rings (SSSR count). The summed E-state index contributed by atoms with van der Waals surface area (Å²) in [4.78, 5) is 55.8. The number of likely N-dealkylation sites (tertiary alicyclic amines) is 2. The summed E-state index contributed by atoms with van der Waals surface area (Å²) in [5.41, 5.74) is 6.68. The second kappa shape index (κ2) is 10.1. The van der Waals surface area contributed by atoms with Crippen molar-refractivity contribution < 1.29 is 19.2 Å². The fourth-order valence-corrected chi connectivity index (χ4v) is 5.39. The molecule has 0 spiro atoms. The third-order valence-corrected chi connectivity index (χ3v) is 7.08. The van der Waals surface area contributed by atoms with E-state index in [1.807, 2.05) is 13.8 Å². The largest absolute Gasteiger partial charge is 0.399 e. The van der Waals surface area contributed by atoms with E-state index in [9.17, 15) is 19.2 Å². The minimum absolute atomic E-state index is 0.0368. The first-order chi connectivity index (χ1) is 16.3. The van der Waals surface area contributed by atoms with Gasteiger partial charge < -0.3 is 26.2 Å². The van der Waals surface area contributed by atoms with Crippen LogP contribution in [0.3, 0.4) is 0 Å². The maximum absolute atomic E-state index is 13.6. The predicted molar refractivity (Wildman–Crippen MR) is 128 cm³/mol. The van der Waals surface area contributed by atoms with Gasteiger partial charge in [0, 0.05) is 17.8 Å². The van der Waals surface area contributed by atoms with Gasteiger partial charge in [-0.15, -0.1) is 0 Å². The van der Waals surface area contributed by atoms with Crippen molar-refractivity contribution in [2.24, 2.45) is 5.92 Å². The second-order valence-electron chi connectivity index (χ2n) is 10.0. The Morgan fingerprint density at radius 1 is 1.12 bits per heavy atom. The maximum atomic E-state index is 13.6. The van der Waals surface area contributed by atoms with Crippen molar-refractivity contribution in [3.8, 4) is 0 Å². The van der Waals surface area contributed by atoms with Crippen molar-refractivity contribution in [3.05, 3.63) is 29.8 Å². The van der Waals surface area contributed by atoms with Crippen LogP contribution in [0.15, 0.2) is 24.3 Å². The van der Waals surface area contributed by atoms with Crippen molar-refractivity contribution in [3.63, 3.8) is 0 Å². The van der Waals surface area contributed by atoms with Gasteiger partial charge in [0.25, 0.3) is 5.91 Å². The molecular formula is C25H35N5O4. The molecule has 0 radical (unpaired) electrons. The molecule has 4 N–H and O–H groups in total. The lowest BCUT2D eigenvalue weighted by Gasteiger charge is -2.31. The highest BCUT2D eigenvalue weighted by Crippen LogP contribution is 2.31. The zero-order valence-corrected chi connectivity index (χ0v) is 20.0. The van der Waals surface area contributed by atoms with Gasteiger partial charge in [-0.1, -0.05) is 20.3 Å². The van der Waals surface area contributed by atoms with Crippen molar-refractivity contribution in [2.75, 3.05) is 25.4 Å². The molecule has 0 saturated carbocycles. The first-order valence-electron chi connectivity index (χ1n) is 12.3. The van der Waals surface area contributed by atoms with Gasteiger partial charge in [-0.25, -0.2) is 0 Å². The molecule has 3 fully saturated rings. The average molecular weight is 470 g/mol. The Morgan fingerprint density at radius 2 is 1.85 bits per heavy atom. The number of Topliss-reactive ketones (excluding diaryl/α,β-unsaturated/α-hetero) is 1. The average Bonchev–Trinajstić information content (AvgIpc) is 3.39. The summed E-state index contributed by atoms with van der Waals surface area (Å²) in [6.07, 6.45) is 3.85. The Labute approximate surface area is 200 Å². The van der Waals surface area contributed by atoms with Crippen LogP contribution in [0.25, 0.3) is 0 Å². The highest BCUT2D eigenvalue weighted by Gasteiger charge is 2.52. The van der Waals surface area contributed by atoms with Crippen molar-refractivity contribution >= 4 is 29.2 Å². The SMILES string of the molecule is CC(C)CC(NC(=O)c1ccc(N)cc1)C(=O)N1CCC2C1C(=O)CN2C(=O)C1CCCCN1. The minimum Gasteiger partial charge on any atom is -0.399 e. The summed E-state index contributed by atoms with van der Waals surface area (Å²) in [5, 5.41) is 6.13. The molecule has 34 heavy (non-hydrogen) atoms. The number of nitrogens with one attached hydrogen (secondary N) is 2. The molecule has 9 heteroatoms. The number of nitrogen functional groups attached to an aromatic ring is 1. The Kier molecular flexibility index (Phi) is 7.21. The third-order valence-electron chi connectivity index (χ3n) is 7.08. The number of rotatable bonds is 6. The molecule has 3 amide bonds. The normalized spacial score (nSPS) is 25.4. The summed E-state index contributed by atoms with van der Waals surface area (Å²) in [7, 11) is 0. The van der Waals surface area contributed by atoms with E-state index in [1.165, 1.54) is 0 Å². The number of anilines is 1. The summed E-state index contributed by atoms with van der Waals surface area (Å²) < 4.78 is 0. The highest BCUT2D eigenvalue weighted by atomic mass is 16.2. The molecule has 0 bridgehead atoms. The van der Waals surface area contributed by atoms with Gasteiger partial charge >= 0.3 is 0 Å². The van der Waals surface area contributed by atoms with Crippen LogP contribution in [0.4, 0.5) is 5.69 Å². The summed E-state index contributed by atoms with van der Waals surface area (Å²) in [6, 6.07) is 4.60. The smallest absolute Gasteiger partial charge is 0.251 e. The Balaban J connectivity index is 1.47. The van der Waals surface area contributed by atoms with Crippen LogP contribution in [0.1, 0.15) is 56.3 Å². The summed E-state index contributed by atoms with van der Waals surface area (Å²) in [6.45, 7) is 5.22. The number of hydrogen-bond acceptors (Lipinski definition) is 6. The molecule has 3 aliphatic heterocycles. The van der Waals surface area contributed by atoms with Gasteiger partial charge in [0.15, 0.2) is 5.78 Å². The van der Waals surface area contributed by atoms with E-state index < -0.39 is 12.1 Å². The molecule has 0 aliphatic carbocycles. The van der Waals surface area contributed by atoms with Crippen LogP contribution < -0.4 is 16.4 Å². The third kappa shape index (κ3) is 4.94. The number of benzene rings is 1. The fraction of sp³-hybridized carbons (Fsp3) is 0.600. The molecule has 0 aromatic heterocycles. The lowest BCUT2D eigenvalue weighted by molar-refractivity contribution is -0.138. The maximum Gasteiger partial charge on any atom is 0.251 e. The van der Waals surface area contributed by atoms with Crippen molar-refractivity contribution in [1.82, 2.24) is 20.4 Å². The number of amides is 3. The first-order valence-corrected chi connectivity index (χ1v) is 12.3. The quantitative estimate of drug-likeness (QED) is 0.533. The van der Waals surface area contributed by atoms with Crippen LogP contribution in [0, 0.1) is 5.92 Å². The number of carbonyl (C=O) groups is 4. The van der Waals surface area contributed by atoms with Gasteiger partial charge in [-0.3, -0.25) is 19.2 Å². The number of nitrogens with zero attached hydrogens (tertiary/aromatic N) is 2. The molecule has 1 aromatic carbocycles. The van der Waals surface area contributed by atoms with E-state index in [0.717, 1.165) is 25.8 Å². The number of nitrogens with two attached hydrogens (primary N) is 1. The molecule has 4 atom stereocenters. The summed E-state index contributed by atoms with van der Waals surface area (Å²) >= 11 is 0. The standard InChI is InChI=1S/C25H35N5O4/c1-15(2)13-19(28-23(32)16-6-8-17(26)9-7-16)25(34)29-12-10-20-22(29)21(31)14-30(20)24(33)18-5-3-4-11-27-18/h6-9,15,18-20,22,27H,3-5,10-14,26H2,1-2H3,(H,28,32). The summed E-state index contributed by atoms with van der Waals surface area (Å²) in [5.74, 6) is -0.594. The molecule has 184 valence electrons. The van der Waals surface area contributed by atoms with Crippen LogP contribution in [0.5, 0.6) is 0 Å². The number of ketones is 1. The molecule has 9 nitrogen and oxygen atoms in total. The van der Waals surface area contributed by atoms with Gasteiger partial charge in [0.2, 0.25) is 11.8 Å². The van der Waals surface area contributed by atoms with Crippen molar-refractivity contribution in [2.45, 2.75) is 70.1 Å². The molecule has 4 unspecified atom stereocenters. The molecular weight excluding hydrogens is 434 g/mol. The Morgan fingerprint density at radius 3 is 2.50 bits per heavy atom. The van der Waals surface area contributed by atoms with Gasteiger partial charge in [0.1, 0.15) is 12.1 Å². The number of piperidine rings is 1. The minimum atomic E-state index is -0.749. The lowest BCUT2D eigenvalue weighted by atomic mass is 10.0. The Hall–Kier alpha value is -2.94. The fourth-order valence-electron chi connectivity index (χ4n) is 5.39. The lowest BCUT2D eigenvalue weighted by Crippen LogP contribution is -2.53. The van der Waals surface area contributed by atoms with E-state index in [-0.39, 0.29) is 48.1 Å². The van der Waals surface area contributed by atoms with Crippen LogP contribution in [0.2, 0.25) is 0 Å². The van der Waals surface area contributed by atoms with E-state index in [1.54, 1.807) is 34.1 Å². The second-order valence-corrected chi connectivity index (χ2v) is 10.0. The topological polar surface area (TPSA) is 125 Å². The van der Waals surface area contributed by atoms with Crippen LogP contribution >= 0.6 is 0 Å². The van der Waals surface area contributed by atoms with Gasteiger partial charge in [-0.05, 0) is 62.4 Å². The highest BCUT2D eigenvalue weighted by molar-refractivity contribution is 6.01. The molecule has 3 saturated heterocycles. The Bertz CT molecular complexity index is 941. The number of carbonyl (C=O) groups excluding carboxylic acids is 4. The van der Waals surface area contributed by atoms with Crippen LogP contribution in [-0.2, 0) is 14.4 Å². The van der Waals surface area contributed by atoms with E-state index in [4.69, 9.17) is 5.73 Å².